The summed E-state index contributed by atoms with van der Waals surface area (Å²) in [5.41, 5.74) is 0.0600. The molecule has 1 unspecified atom stereocenters. The molecule has 0 heterocycles. The van der Waals surface area contributed by atoms with E-state index in [0.29, 0.717) is 24.9 Å². The lowest BCUT2D eigenvalue weighted by atomic mass is 10.1. The maximum atomic E-state index is 13.0. The molecule has 0 spiro atoms. The number of aryl methyl sites for hydroxylation is 1. The Morgan fingerprint density at radius 1 is 1.53 bits per heavy atom. The summed E-state index contributed by atoms with van der Waals surface area (Å²) in [6.45, 7) is 0.300. The SMILES string of the molecule is O=[N+]([O-])c1cc(CCCNS(=O)O)ccc1F. The van der Waals surface area contributed by atoms with Crippen molar-refractivity contribution in [3.63, 3.8) is 0 Å². The van der Waals surface area contributed by atoms with Gasteiger partial charge in [0.2, 0.25) is 17.1 Å². The van der Waals surface area contributed by atoms with Gasteiger partial charge in [0.1, 0.15) is 0 Å². The van der Waals surface area contributed by atoms with E-state index in [1.54, 1.807) is 0 Å². The second kappa shape index (κ2) is 6.38. The van der Waals surface area contributed by atoms with Gasteiger partial charge in [-0.1, -0.05) is 6.07 Å². The predicted molar refractivity (Wildman–Crippen MR) is 60.1 cm³/mol. The number of nitrogens with one attached hydrogen (secondary N) is 1. The minimum atomic E-state index is -2.06. The number of hydrogen-bond acceptors (Lipinski definition) is 3. The van der Waals surface area contributed by atoms with Crippen molar-refractivity contribution in [2.24, 2.45) is 0 Å². The summed E-state index contributed by atoms with van der Waals surface area (Å²) < 4.78 is 34.0. The fraction of sp³-hybridized carbons (Fsp3) is 0.333. The van der Waals surface area contributed by atoms with Gasteiger partial charge in [-0.3, -0.25) is 14.7 Å². The molecule has 1 aromatic carbocycles. The van der Waals surface area contributed by atoms with E-state index in [9.17, 15) is 18.7 Å². The Morgan fingerprint density at radius 3 is 2.82 bits per heavy atom. The lowest BCUT2D eigenvalue weighted by Gasteiger charge is -2.02. The van der Waals surface area contributed by atoms with Crippen LogP contribution in [0, 0.1) is 15.9 Å². The molecule has 2 N–H and O–H groups in total. The van der Waals surface area contributed by atoms with Gasteiger partial charge in [-0.05, 0) is 24.5 Å². The van der Waals surface area contributed by atoms with Crippen molar-refractivity contribution in [1.29, 1.82) is 0 Å². The number of rotatable bonds is 6. The largest absolute Gasteiger partial charge is 0.305 e. The molecule has 0 amide bonds. The van der Waals surface area contributed by atoms with Crippen LogP contribution >= 0.6 is 0 Å². The fourth-order valence-corrected chi connectivity index (χ4v) is 1.62. The van der Waals surface area contributed by atoms with Gasteiger partial charge in [0, 0.05) is 12.6 Å². The summed E-state index contributed by atoms with van der Waals surface area (Å²) in [6, 6.07) is 3.68. The maximum absolute atomic E-state index is 13.0. The van der Waals surface area contributed by atoms with Crippen LogP contribution in [-0.4, -0.2) is 20.2 Å². The Kier molecular flexibility index (Phi) is 5.13. The number of nitro benzene ring substituents is 1. The van der Waals surface area contributed by atoms with Crippen LogP contribution in [0.25, 0.3) is 0 Å². The van der Waals surface area contributed by atoms with E-state index in [1.165, 1.54) is 12.1 Å². The van der Waals surface area contributed by atoms with Crippen molar-refractivity contribution in [2.75, 3.05) is 6.54 Å². The van der Waals surface area contributed by atoms with Crippen molar-refractivity contribution in [3.8, 4) is 0 Å². The van der Waals surface area contributed by atoms with Gasteiger partial charge in [0.05, 0.1) is 4.92 Å². The molecule has 0 saturated heterocycles. The van der Waals surface area contributed by atoms with Crippen LogP contribution in [0.15, 0.2) is 18.2 Å². The summed E-state index contributed by atoms with van der Waals surface area (Å²) >= 11 is -2.06. The first-order valence-corrected chi connectivity index (χ1v) is 5.88. The fourth-order valence-electron chi connectivity index (χ4n) is 1.31. The molecule has 0 aromatic heterocycles. The lowest BCUT2D eigenvalue weighted by Crippen LogP contribution is -2.17. The zero-order valence-corrected chi connectivity index (χ0v) is 9.58. The Morgan fingerprint density at radius 2 is 2.24 bits per heavy atom. The Balaban J connectivity index is 2.57. The van der Waals surface area contributed by atoms with E-state index in [1.807, 2.05) is 0 Å². The van der Waals surface area contributed by atoms with Crippen LogP contribution in [0.2, 0.25) is 0 Å². The highest BCUT2D eigenvalue weighted by Crippen LogP contribution is 2.19. The molecule has 94 valence electrons. The molecule has 0 fully saturated rings. The summed E-state index contributed by atoms with van der Waals surface area (Å²) in [5.74, 6) is -0.867. The van der Waals surface area contributed by atoms with Crippen molar-refractivity contribution >= 4 is 17.0 Å². The lowest BCUT2D eigenvalue weighted by molar-refractivity contribution is -0.387. The minimum absolute atomic E-state index is 0.300. The van der Waals surface area contributed by atoms with E-state index >= 15 is 0 Å². The molecule has 17 heavy (non-hydrogen) atoms. The molecule has 0 saturated carbocycles. The van der Waals surface area contributed by atoms with Crippen LogP contribution in [0.5, 0.6) is 0 Å². The molecule has 0 aliphatic rings. The quantitative estimate of drug-likeness (QED) is 0.351. The zero-order valence-electron chi connectivity index (χ0n) is 8.76. The molecular weight excluding hydrogens is 251 g/mol. The molecule has 0 aliphatic carbocycles. The van der Waals surface area contributed by atoms with Gasteiger partial charge in [-0.2, -0.15) is 4.39 Å². The first kappa shape index (κ1) is 13.7. The van der Waals surface area contributed by atoms with E-state index in [2.05, 4.69) is 4.72 Å². The monoisotopic (exact) mass is 262 g/mol. The number of nitrogens with zero attached hydrogens (tertiary/aromatic N) is 1. The standard InChI is InChI=1S/C9H11FN2O4S/c10-8-4-3-7(6-9(8)12(13)14)2-1-5-11-17(15)16/h3-4,6,11H,1-2,5H2,(H,15,16). The van der Waals surface area contributed by atoms with Crippen molar-refractivity contribution in [2.45, 2.75) is 12.8 Å². The van der Waals surface area contributed by atoms with Crippen LogP contribution in [0.4, 0.5) is 10.1 Å². The smallest absolute Gasteiger partial charge is 0.294 e. The maximum Gasteiger partial charge on any atom is 0.305 e. The van der Waals surface area contributed by atoms with E-state index in [-0.39, 0.29) is 0 Å². The molecular formula is C9H11FN2O4S. The second-order valence-electron chi connectivity index (χ2n) is 3.29. The zero-order chi connectivity index (χ0) is 12.8. The molecule has 0 aliphatic heterocycles. The third-order valence-corrected chi connectivity index (χ3v) is 2.53. The van der Waals surface area contributed by atoms with E-state index in [0.717, 1.165) is 6.07 Å². The van der Waals surface area contributed by atoms with E-state index < -0.39 is 27.7 Å². The molecule has 1 atom stereocenters. The highest BCUT2D eigenvalue weighted by Gasteiger charge is 2.13. The van der Waals surface area contributed by atoms with Gasteiger partial charge >= 0.3 is 5.69 Å². The van der Waals surface area contributed by atoms with Crippen LogP contribution in [0.1, 0.15) is 12.0 Å². The van der Waals surface area contributed by atoms with Crippen molar-refractivity contribution in [3.05, 3.63) is 39.7 Å². The summed E-state index contributed by atoms with van der Waals surface area (Å²) in [7, 11) is 0. The summed E-state index contributed by atoms with van der Waals surface area (Å²) in [4.78, 5) is 9.70. The van der Waals surface area contributed by atoms with Gasteiger partial charge in [0.15, 0.2) is 0 Å². The Labute approximate surface area is 99.4 Å². The Hall–Kier alpha value is -1.38. The minimum Gasteiger partial charge on any atom is -0.294 e. The first-order chi connectivity index (χ1) is 8.00. The molecule has 1 aromatic rings. The normalized spacial score (nSPS) is 12.4. The van der Waals surface area contributed by atoms with Crippen LogP contribution < -0.4 is 4.72 Å². The van der Waals surface area contributed by atoms with Gasteiger partial charge in [0.25, 0.3) is 0 Å². The van der Waals surface area contributed by atoms with E-state index in [4.69, 9.17) is 4.55 Å². The molecule has 6 nitrogen and oxygen atoms in total. The third kappa shape index (κ3) is 4.55. The van der Waals surface area contributed by atoms with Crippen LogP contribution in [0.3, 0.4) is 0 Å². The van der Waals surface area contributed by atoms with Crippen molar-refractivity contribution in [1.82, 2.24) is 4.72 Å². The highest BCUT2D eigenvalue weighted by atomic mass is 32.2. The highest BCUT2D eigenvalue weighted by molar-refractivity contribution is 7.77. The van der Waals surface area contributed by atoms with Gasteiger partial charge < -0.3 is 0 Å². The molecule has 8 heteroatoms. The molecule has 0 bridgehead atoms. The molecule has 0 radical (unpaired) electrons. The average molecular weight is 262 g/mol. The van der Waals surface area contributed by atoms with Crippen molar-refractivity contribution < 1.29 is 18.1 Å². The Bertz CT molecular complexity index is 441. The number of benzene rings is 1. The third-order valence-electron chi connectivity index (χ3n) is 2.08. The van der Waals surface area contributed by atoms with Crippen LogP contribution in [-0.2, 0) is 17.7 Å². The second-order valence-corrected chi connectivity index (χ2v) is 4.08. The first-order valence-electron chi connectivity index (χ1n) is 4.78. The topological polar surface area (TPSA) is 92.5 Å². The number of nitro groups is 1. The average Bonchev–Trinajstić information content (AvgIpc) is 2.25. The number of halogens is 1. The predicted octanol–water partition coefficient (Wildman–Crippen LogP) is 1.39. The number of hydrogen-bond donors (Lipinski definition) is 2. The molecule has 1 rings (SSSR count). The van der Waals surface area contributed by atoms with Gasteiger partial charge in [-0.25, -0.2) is 8.93 Å². The summed E-state index contributed by atoms with van der Waals surface area (Å²) in [5, 5.41) is 10.5. The summed E-state index contributed by atoms with van der Waals surface area (Å²) in [6.07, 6.45) is 0.987. The van der Waals surface area contributed by atoms with Gasteiger partial charge in [-0.15, -0.1) is 0 Å².